The van der Waals surface area contributed by atoms with Crippen molar-refractivity contribution in [1.29, 1.82) is 0 Å². The zero-order valence-electron chi connectivity index (χ0n) is 14.2. The number of carbonyl (C=O) groups is 1. The van der Waals surface area contributed by atoms with Gasteiger partial charge in [-0.1, -0.05) is 0 Å². The number of halogens is 2. The lowest BCUT2D eigenvalue weighted by molar-refractivity contribution is -0.299. The van der Waals surface area contributed by atoms with E-state index in [1.807, 2.05) is 0 Å². The number of rotatable bonds is 6. The molecule has 7 nitrogen and oxygen atoms in total. The standard InChI is InChI=1S/C17H21F2N3O4/c18-17(19)9-21(10-17)13-6-5-12(20-15(13)25-8-11-3-4-11)16(23)22-7-1-2-14(22)26-24/h5-6,11,14,24H,1-4,7-10H2. The van der Waals surface area contributed by atoms with Crippen molar-refractivity contribution in [3.8, 4) is 5.88 Å². The van der Waals surface area contributed by atoms with Crippen molar-refractivity contribution in [3.63, 3.8) is 0 Å². The molecule has 1 N–H and O–H groups in total. The molecule has 3 fully saturated rings. The van der Waals surface area contributed by atoms with E-state index in [0.717, 1.165) is 19.3 Å². The highest BCUT2D eigenvalue weighted by molar-refractivity contribution is 5.93. The maximum absolute atomic E-state index is 13.2. The second kappa shape index (κ2) is 6.62. The van der Waals surface area contributed by atoms with Crippen LogP contribution in [0.1, 0.15) is 36.2 Å². The molecule has 0 aromatic carbocycles. The van der Waals surface area contributed by atoms with Gasteiger partial charge in [0.1, 0.15) is 11.4 Å². The number of likely N-dealkylation sites (tertiary alicyclic amines) is 1. The molecule has 1 aromatic heterocycles. The molecule has 4 rings (SSSR count). The molecule has 3 aliphatic rings. The Kier molecular flexibility index (Phi) is 4.44. The minimum atomic E-state index is -2.70. The number of amides is 1. The Morgan fingerprint density at radius 1 is 1.31 bits per heavy atom. The van der Waals surface area contributed by atoms with Crippen molar-refractivity contribution in [1.82, 2.24) is 9.88 Å². The first-order valence-electron chi connectivity index (χ1n) is 8.85. The summed E-state index contributed by atoms with van der Waals surface area (Å²) in [6.07, 6.45) is 2.75. The maximum atomic E-state index is 13.2. The molecule has 0 bridgehead atoms. The van der Waals surface area contributed by atoms with E-state index in [9.17, 15) is 13.6 Å². The number of alkyl halides is 2. The van der Waals surface area contributed by atoms with Gasteiger partial charge in [-0.05, 0) is 43.7 Å². The molecule has 2 aliphatic heterocycles. The summed E-state index contributed by atoms with van der Waals surface area (Å²) in [5.41, 5.74) is 0.625. The molecule has 0 spiro atoms. The highest BCUT2D eigenvalue weighted by Crippen LogP contribution is 2.38. The number of anilines is 1. The summed E-state index contributed by atoms with van der Waals surface area (Å²) in [5, 5.41) is 8.93. The third kappa shape index (κ3) is 3.45. The maximum Gasteiger partial charge on any atom is 0.282 e. The van der Waals surface area contributed by atoms with Crippen LogP contribution >= 0.6 is 0 Å². The number of hydrogen-bond acceptors (Lipinski definition) is 6. The average molecular weight is 369 g/mol. The second-order valence-corrected chi connectivity index (χ2v) is 7.19. The molecule has 2 saturated heterocycles. The van der Waals surface area contributed by atoms with Crippen LogP contribution in [-0.2, 0) is 4.89 Å². The van der Waals surface area contributed by atoms with Gasteiger partial charge in [0.25, 0.3) is 11.8 Å². The molecule has 26 heavy (non-hydrogen) atoms. The Morgan fingerprint density at radius 3 is 2.73 bits per heavy atom. The van der Waals surface area contributed by atoms with Crippen LogP contribution in [0.25, 0.3) is 0 Å². The molecule has 1 saturated carbocycles. The van der Waals surface area contributed by atoms with Crippen LogP contribution in [0.15, 0.2) is 12.1 Å². The fourth-order valence-electron chi connectivity index (χ4n) is 3.29. The molecule has 1 atom stereocenters. The van der Waals surface area contributed by atoms with E-state index < -0.39 is 12.2 Å². The molecule has 0 radical (unpaired) electrons. The SMILES string of the molecule is O=C(c1ccc(N2CC(F)(F)C2)c(OCC2CC2)n1)N1CCCC1OO. The van der Waals surface area contributed by atoms with Crippen molar-refractivity contribution in [2.75, 3.05) is 31.1 Å². The Bertz CT molecular complexity index is 691. The number of pyridine rings is 1. The highest BCUT2D eigenvalue weighted by Gasteiger charge is 2.45. The summed E-state index contributed by atoms with van der Waals surface area (Å²) in [4.78, 5) is 24.2. The van der Waals surface area contributed by atoms with Crippen LogP contribution < -0.4 is 9.64 Å². The molecule has 142 valence electrons. The molecule has 1 unspecified atom stereocenters. The van der Waals surface area contributed by atoms with Gasteiger partial charge >= 0.3 is 0 Å². The predicted molar refractivity (Wildman–Crippen MR) is 87.4 cm³/mol. The van der Waals surface area contributed by atoms with E-state index in [1.54, 1.807) is 6.07 Å². The molecule has 9 heteroatoms. The van der Waals surface area contributed by atoms with Crippen molar-refractivity contribution in [2.45, 2.75) is 37.8 Å². The predicted octanol–water partition coefficient (Wildman–Crippen LogP) is 2.38. The first-order chi connectivity index (χ1) is 12.5. The van der Waals surface area contributed by atoms with E-state index in [0.29, 0.717) is 31.2 Å². The van der Waals surface area contributed by atoms with Crippen LogP contribution in [0.5, 0.6) is 5.88 Å². The lowest BCUT2D eigenvalue weighted by Crippen LogP contribution is -2.56. The normalized spacial score (nSPS) is 24.5. The topological polar surface area (TPSA) is 75.1 Å². The Morgan fingerprint density at radius 2 is 2.08 bits per heavy atom. The van der Waals surface area contributed by atoms with Gasteiger partial charge in [0, 0.05) is 6.54 Å². The van der Waals surface area contributed by atoms with Crippen molar-refractivity contribution >= 4 is 11.6 Å². The summed E-state index contributed by atoms with van der Waals surface area (Å²) in [5.74, 6) is -2.41. The molecule has 3 heterocycles. The van der Waals surface area contributed by atoms with E-state index in [-0.39, 0.29) is 30.6 Å². The third-order valence-corrected chi connectivity index (χ3v) is 4.98. The van der Waals surface area contributed by atoms with Gasteiger partial charge in [-0.25, -0.2) is 23.9 Å². The molecular weight excluding hydrogens is 348 g/mol. The summed E-state index contributed by atoms with van der Waals surface area (Å²) in [7, 11) is 0. The Hall–Kier alpha value is -2.00. The zero-order chi connectivity index (χ0) is 18.3. The van der Waals surface area contributed by atoms with Gasteiger partial charge in [0.15, 0.2) is 6.23 Å². The van der Waals surface area contributed by atoms with Gasteiger partial charge in [-0.2, -0.15) is 0 Å². The minimum absolute atomic E-state index is 0.149. The Balaban J connectivity index is 1.55. The number of nitrogens with zero attached hydrogens (tertiary/aromatic N) is 3. The monoisotopic (exact) mass is 369 g/mol. The summed E-state index contributed by atoms with van der Waals surface area (Å²) >= 11 is 0. The van der Waals surface area contributed by atoms with Gasteiger partial charge in [0.05, 0.1) is 19.7 Å². The third-order valence-electron chi connectivity index (χ3n) is 4.98. The second-order valence-electron chi connectivity index (χ2n) is 7.19. The fraction of sp³-hybridized carbons (Fsp3) is 0.647. The van der Waals surface area contributed by atoms with Crippen molar-refractivity contribution < 1.29 is 28.5 Å². The van der Waals surface area contributed by atoms with Gasteiger partial charge in [-0.15, -0.1) is 0 Å². The summed E-state index contributed by atoms with van der Waals surface area (Å²) in [6.45, 7) is 0.167. The molecule has 1 aromatic rings. The van der Waals surface area contributed by atoms with Crippen LogP contribution in [-0.4, -0.2) is 59.4 Å². The Labute approximate surface area is 149 Å². The van der Waals surface area contributed by atoms with Crippen LogP contribution in [0, 0.1) is 5.92 Å². The van der Waals surface area contributed by atoms with Crippen LogP contribution in [0.2, 0.25) is 0 Å². The molecule has 1 aliphatic carbocycles. The summed E-state index contributed by atoms with van der Waals surface area (Å²) < 4.78 is 32.2. The minimum Gasteiger partial charge on any atom is -0.476 e. The van der Waals surface area contributed by atoms with Crippen molar-refractivity contribution in [2.24, 2.45) is 5.92 Å². The molecule has 1 amide bonds. The smallest absolute Gasteiger partial charge is 0.282 e. The number of aromatic nitrogens is 1. The van der Waals surface area contributed by atoms with Crippen LogP contribution in [0.3, 0.4) is 0 Å². The summed E-state index contributed by atoms with van der Waals surface area (Å²) in [6, 6.07) is 3.10. The quantitative estimate of drug-likeness (QED) is 0.613. The van der Waals surface area contributed by atoms with Gasteiger partial charge in [-0.3, -0.25) is 4.79 Å². The number of hydrogen-bond donors (Lipinski definition) is 1. The van der Waals surface area contributed by atoms with Gasteiger partial charge in [0.2, 0.25) is 5.88 Å². The number of carbonyl (C=O) groups excluding carboxylic acids is 1. The lowest BCUT2D eigenvalue weighted by Gasteiger charge is -2.40. The van der Waals surface area contributed by atoms with E-state index in [4.69, 9.17) is 9.99 Å². The highest BCUT2D eigenvalue weighted by atomic mass is 19.3. The van der Waals surface area contributed by atoms with E-state index >= 15 is 0 Å². The molecular formula is C17H21F2N3O4. The van der Waals surface area contributed by atoms with Gasteiger partial charge < -0.3 is 14.5 Å². The first kappa shape index (κ1) is 17.4. The fourth-order valence-corrected chi connectivity index (χ4v) is 3.29. The largest absolute Gasteiger partial charge is 0.476 e. The van der Waals surface area contributed by atoms with Crippen molar-refractivity contribution in [3.05, 3.63) is 17.8 Å². The number of ether oxygens (including phenoxy) is 1. The average Bonchev–Trinajstić information content (AvgIpc) is 3.31. The first-order valence-corrected chi connectivity index (χ1v) is 8.85. The van der Waals surface area contributed by atoms with E-state index in [1.165, 1.54) is 15.9 Å². The lowest BCUT2D eigenvalue weighted by atomic mass is 10.1. The zero-order valence-corrected chi connectivity index (χ0v) is 14.2. The van der Waals surface area contributed by atoms with E-state index in [2.05, 4.69) is 9.87 Å². The van der Waals surface area contributed by atoms with Crippen LogP contribution in [0.4, 0.5) is 14.5 Å².